The molecule has 1 aliphatic rings. The zero-order valence-corrected chi connectivity index (χ0v) is 17.3. The van der Waals surface area contributed by atoms with Crippen molar-refractivity contribution in [2.45, 2.75) is 19.6 Å². The number of piperazine rings is 1. The lowest BCUT2D eigenvalue weighted by Crippen LogP contribution is -2.43. The number of nitrogens with one attached hydrogen (secondary N) is 1. The third-order valence-electron chi connectivity index (χ3n) is 5.57. The Kier molecular flexibility index (Phi) is 6.21. The molecule has 1 amide bonds. The maximum Gasteiger partial charge on any atom is 0.269 e. The van der Waals surface area contributed by atoms with Crippen molar-refractivity contribution in [1.29, 1.82) is 0 Å². The Hall–Kier alpha value is -3.03. The molecule has 0 atom stereocenters. The fourth-order valence-electron chi connectivity index (χ4n) is 3.70. The minimum atomic E-state index is -0.280. The zero-order chi connectivity index (χ0) is 20.9. The molecule has 156 valence electrons. The van der Waals surface area contributed by atoms with Gasteiger partial charge in [0.05, 0.1) is 17.2 Å². The number of carbonyl (C=O) groups excluding carboxylic acids is 1. The quantitative estimate of drug-likeness (QED) is 0.672. The average Bonchev–Trinajstić information content (AvgIpc) is 2.77. The molecule has 7 heteroatoms. The molecule has 0 radical (unpaired) electrons. The highest BCUT2D eigenvalue weighted by atomic mass is 16.2. The molecule has 0 aliphatic carbocycles. The Labute approximate surface area is 175 Å². The van der Waals surface area contributed by atoms with Crippen LogP contribution in [-0.2, 0) is 24.4 Å². The fourth-order valence-corrected chi connectivity index (χ4v) is 3.70. The van der Waals surface area contributed by atoms with Crippen molar-refractivity contribution >= 4 is 16.9 Å². The van der Waals surface area contributed by atoms with Gasteiger partial charge in [-0.3, -0.25) is 19.1 Å². The van der Waals surface area contributed by atoms with Crippen molar-refractivity contribution in [3.8, 4) is 0 Å². The van der Waals surface area contributed by atoms with E-state index >= 15 is 0 Å². The van der Waals surface area contributed by atoms with Crippen LogP contribution >= 0.6 is 0 Å². The molecule has 0 bridgehead atoms. The summed E-state index contributed by atoms with van der Waals surface area (Å²) in [6, 6.07) is 15.7. The summed E-state index contributed by atoms with van der Waals surface area (Å²) in [5.41, 5.74) is 3.40. The SMILES string of the molecule is CN1CCN(Cc2ccc(CNC(=O)Cn3c(=O)cnc4ccccc43)cc2)CC1. The first-order valence-corrected chi connectivity index (χ1v) is 10.3. The highest BCUT2D eigenvalue weighted by Gasteiger charge is 2.14. The largest absolute Gasteiger partial charge is 0.350 e. The van der Waals surface area contributed by atoms with Gasteiger partial charge in [0.25, 0.3) is 5.56 Å². The minimum absolute atomic E-state index is 0.0244. The molecule has 0 unspecified atom stereocenters. The Balaban J connectivity index is 1.32. The molecule has 4 rings (SSSR count). The number of rotatable bonds is 6. The Morgan fingerprint density at radius 2 is 1.70 bits per heavy atom. The topological polar surface area (TPSA) is 70.5 Å². The van der Waals surface area contributed by atoms with E-state index in [4.69, 9.17) is 0 Å². The second-order valence-corrected chi connectivity index (χ2v) is 7.84. The van der Waals surface area contributed by atoms with E-state index in [9.17, 15) is 9.59 Å². The predicted molar refractivity (Wildman–Crippen MR) is 117 cm³/mol. The van der Waals surface area contributed by atoms with Crippen LogP contribution in [0.1, 0.15) is 11.1 Å². The summed E-state index contributed by atoms with van der Waals surface area (Å²) in [6.45, 7) is 5.78. The van der Waals surface area contributed by atoms with E-state index in [-0.39, 0.29) is 18.0 Å². The summed E-state index contributed by atoms with van der Waals surface area (Å²) in [5.74, 6) is -0.199. The standard InChI is InChI=1S/C23H27N5O2/c1-26-10-12-27(13-11-26)16-19-8-6-18(7-9-19)14-25-22(29)17-28-21-5-3-2-4-20(21)24-15-23(28)30/h2-9,15H,10-14,16-17H2,1H3,(H,25,29). The Bertz CT molecular complexity index is 1070. The first kappa shape index (κ1) is 20.3. The van der Waals surface area contributed by atoms with E-state index < -0.39 is 0 Å². The van der Waals surface area contributed by atoms with Crippen LogP contribution < -0.4 is 10.9 Å². The highest BCUT2D eigenvalue weighted by molar-refractivity contribution is 5.79. The molecule has 3 aromatic rings. The number of fused-ring (bicyclic) bond motifs is 1. The molecule has 30 heavy (non-hydrogen) atoms. The molecule has 1 saturated heterocycles. The number of hydrogen-bond acceptors (Lipinski definition) is 5. The van der Waals surface area contributed by atoms with Gasteiger partial charge in [-0.25, -0.2) is 4.98 Å². The first-order chi connectivity index (χ1) is 14.6. The van der Waals surface area contributed by atoms with Gasteiger partial charge in [-0.15, -0.1) is 0 Å². The van der Waals surface area contributed by atoms with Crippen molar-refractivity contribution < 1.29 is 4.79 Å². The van der Waals surface area contributed by atoms with E-state index in [1.54, 1.807) is 6.07 Å². The van der Waals surface area contributed by atoms with Crippen LogP contribution in [-0.4, -0.2) is 58.5 Å². The van der Waals surface area contributed by atoms with Gasteiger partial charge in [-0.2, -0.15) is 0 Å². The summed E-state index contributed by atoms with van der Waals surface area (Å²) in [5, 5.41) is 2.91. The zero-order valence-electron chi connectivity index (χ0n) is 17.3. The van der Waals surface area contributed by atoms with Gasteiger partial charge in [0.1, 0.15) is 6.54 Å². The molecule has 1 fully saturated rings. The molecule has 0 saturated carbocycles. The lowest BCUT2D eigenvalue weighted by Gasteiger charge is -2.32. The number of hydrogen-bond donors (Lipinski definition) is 1. The summed E-state index contributed by atoms with van der Waals surface area (Å²) in [7, 11) is 2.16. The van der Waals surface area contributed by atoms with Crippen LogP contribution in [0.2, 0.25) is 0 Å². The Morgan fingerprint density at radius 1 is 1.00 bits per heavy atom. The van der Waals surface area contributed by atoms with Crippen molar-refractivity contribution in [2.75, 3.05) is 33.2 Å². The number of benzene rings is 2. The normalized spacial score (nSPS) is 15.4. The molecule has 1 aromatic heterocycles. The summed E-state index contributed by atoms with van der Waals surface area (Å²) in [6.07, 6.45) is 1.26. The van der Waals surface area contributed by atoms with Crippen LogP contribution in [0.25, 0.3) is 11.0 Å². The molecule has 2 aromatic carbocycles. The van der Waals surface area contributed by atoms with E-state index in [1.807, 2.05) is 18.2 Å². The smallest absolute Gasteiger partial charge is 0.269 e. The second kappa shape index (κ2) is 9.19. The van der Waals surface area contributed by atoms with Gasteiger partial charge in [0.2, 0.25) is 5.91 Å². The van der Waals surface area contributed by atoms with Gasteiger partial charge < -0.3 is 10.2 Å². The number of para-hydroxylation sites is 2. The van der Waals surface area contributed by atoms with Crippen LogP contribution in [0, 0.1) is 0 Å². The molecular formula is C23H27N5O2. The lowest BCUT2D eigenvalue weighted by atomic mass is 10.1. The van der Waals surface area contributed by atoms with Gasteiger partial charge in [-0.1, -0.05) is 36.4 Å². The van der Waals surface area contributed by atoms with E-state index in [0.717, 1.165) is 38.3 Å². The van der Waals surface area contributed by atoms with Crippen molar-refractivity contribution in [3.05, 3.63) is 76.2 Å². The molecule has 1 N–H and O–H groups in total. The molecule has 1 aliphatic heterocycles. The summed E-state index contributed by atoms with van der Waals surface area (Å²) >= 11 is 0. The van der Waals surface area contributed by atoms with Gasteiger partial charge in [0.15, 0.2) is 0 Å². The summed E-state index contributed by atoms with van der Waals surface area (Å²) in [4.78, 5) is 33.6. The van der Waals surface area contributed by atoms with E-state index in [0.29, 0.717) is 17.6 Å². The van der Waals surface area contributed by atoms with Gasteiger partial charge >= 0.3 is 0 Å². The van der Waals surface area contributed by atoms with Crippen molar-refractivity contribution in [3.63, 3.8) is 0 Å². The number of aromatic nitrogens is 2. The van der Waals surface area contributed by atoms with Crippen LogP contribution in [0.15, 0.2) is 59.5 Å². The monoisotopic (exact) mass is 405 g/mol. The van der Waals surface area contributed by atoms with E-state index in [1.165, 1.54) is 16.3 Å². The molecule has 0 spiro atoms. The lowest BCUT2D eigenvalue weighted by molar-refractivity contribution is -0.121. The Morgan fingerprint density at radius 3 is 2.47 bits per heavy atom. The van der Waals surface area contributed by atoms with Crippen molar-refractivity contribution in [1.82, 2.24) is 24.7 Å². The average molecular weight is 406 g/mol. The second-order valence-electron chi connectivity index (χ2n) is 7.84. The summed E-state index contributed by atoms with van der Waals surface area (Å²) < 4.78 is 1.46. The first-order valence-electron chi connectivity index (χ1n) is 10.3. The van der Waals surface area contributed by atoms with Gasteiger partial charge in [-0.05, 0) is 30.3 Å². The maximum absolute atomic E-state index is 12.4. The molecular weight excluding hydrogens is 378 g/mol. The van der Waals surface area contributed by atoms with Gasteiger partial charge in [0, 0.05) is 39.3 Å². The molecule has 2 heterocycles. The maximum atomic E-state index is 12.4. The minimum Gasteiger partial charge on any atom is -0.350 e. The third kappa shape index (κ3) is 4.93. The fraction of sp³-hybridized carbons (Fsp3) is 0.348. The number of carbonyl (C=O) groups is 1. The van der Waals surface area contributed by atoms with E-state index in [2.05, 4.69) is 51.4 Å². The number of likely N-dealkylation sites (N-methyl/N-ethyl adjacent to an activating group) is 1. The molecule has 7 nitrogen and oxygen atoms in total. The van der Waals surface area contributed by atoms with Crippen molar-refractivity contribution in [2.24, 2.45) is 0 Å². The number of nitrogens with zero attached hydrogens (tertiary/aromatic N) is 4. The van der Waals surface area contributed by atoms with Crippen LogP contribution in [0.3, 0.4) is 0 Å². The highest BCUT2D eigenvalue weighted by Crippen LogP contribution is 2.10. The predicted octanol–water partition coefficient (Wildman–Crippen LogP) is 1.46. The third-order valence-corrected chi connectivity index (χ3v) is 5.57. The van der Waals surface area contributed by atoms with Crippen LogP contribution in [0.5, 0.6) is 0 Å². The number of amides is 1. The van der Waals surface area contributed by atoms with Crippen LogP contribution in [0.4, 0.5) is 0 Å².